The van der Waals surface area contributed by atoms with E-state index in [1.165, 1.54) is 0 Å². The molecule has 0 aliphatic rings. The fraction of sp³-hybridized carbons (Fsp3) is 0.231. The number of nitrogens with one attached hydrogen (secondary N) is 1. The molecule has 0 spiro atoms. The van der Waals surface area contributed by atoms with E-state index >= 15 is 0 Å². The molecule has 2 rings (SSSR count). The summed E-state index contributed by atoms with van der Waals surface area (Å²) in [6.45, 7) is 0.215. The lowest BCUT2D eigenvalue weighted by Crippen LogP contribution is -2.24. The number of hydrogen-bond donors (Lipinski definition) is 1. The molecule has 6 nitrogen and oxygen atoms in total. The monoisotopic (exact) mass is 290 g/mol. The summed E-state index contributed by atoms with van der Waals surface area (Å²) in [5.41, 5.74) is 1.95. The first-order valence-electron chi connectivity index (χ1n) is 5.92. The van der Waals surface area contributed by atoms with E-state index in [9.17, 15) is 8.42 Å². The maximum atomic E-state index is 11.9. The molecule has 1 aromatic carbocycles. The van der Waals surface area contributed by atoms with Gasteiger partial charge in [0.15, 0.2) is 0 Å². The predicted molar refractivity (Wildman–Crippen MR) is 73.8 cm³/mol. The highest BCUT2D eigenvalue weighted by atomic mass is 32.2. The van der Waals surface area contributed by atoms with Gasteiger partial charge in [-0.25, -0.2) is 13.1 Å². The van der Waals surface area contributed by atoms with Crippen LogP contribution < -0.4 is 4.72 Å². The average Bonchev–Trinajstić information content (AvgIpc) is 2.83. The Bertz CT molecular complexity index is 726. The standard InChI is InChI=1S/C13H14N4O2S/c1-17-9-13(7-15-17)8-16-20(18,19)10-12-4-2-11(6-14)3-5-12/h2-5,7,9,16H,8,10H2,1H3. The first-order valence-corrected chi connectivity index (χ1v) is 7.57. The molecule has 0 amide bonds. The quantitative estimate of drug-likeness (QED) is 0.886. The Labute approximate surface area is 117 Å². The van der Waals surface area contributed by atoms with Crippen LogP contribution in [0.5, 0.6) is 0 Å². The largest absolute Gasteiger partial charge is 0.275 e. The van der Waals surface area contributed by atoms with E-state index in [4.69, 9.17) is 5.26 Å². The molecule has 0 atom stereocenters. The molecule has 1 aromatic heterocycles. The molecule has 0 saturated heterocycles. The molecule has 0 radical (unpaired) electrons. The smallest absolute Gasteiger partial charge is 0.216 e. The van der Waals surface area contributed by atoms with E-state index in [-0.39, 0.29) is 12.3 Å². The van der Waals surface area contributed by atoms with Crippen LogP contribution in [0.4, 0.5) is 0 Å². The minimum absolute atomic E-state index is 0.112. The number of aryl methyl sites for hydroxylation is 1. The van der Waals surface area contributed by atoms with Crippen molar-refractivity contribution in [2.75, 3.05) is 0 Å². The second kappa shape index (κ2) is 5.86. The van der Waals surface area contributed by atoms with Gasteiger partial charge in [0, 0.05) is 25.4 Å². The van der Waals surface area contributed by atoms with Gasteiger partial charge in [-0.3, -0.25) is 4.68 Å². The Hall–Kier alpha value is -2.17. The molecule has 2 aromatic rings. The molecular formula is C13H14N4O2S. The summed E-state index contributed by atoms with van der Waals surface area (Å²) in [6, 6.07) is 8.48. The molecule has 0 unspecified atom stereocenters. The van der Waals surface area contributed by atoms with Gasteiger partial charge < -0.3 is 0 Å². The van der Waals surface area contributed by atoms with E-state index in [0.29, 0.717) is 11.1 Å². The fourth-order valence-electron chi connectivity index (χ4n) is 1.70. The Morgan fingerprint density at radius 1 is 1.30 bits per heavy atom. The number of aromatic nitrogens is 2. The summed E-state index contributed by atoms with van der Waals surface area (Å²) in [6.07, 6.45) is 3.37. The molecule has 0 aliphatic carbocycles. The topological polar surface area (TPSA) is 87.8 Å². The first-order chi connectivity index (χ1) is 9.48. The maximum absolute atomic E-state index is 11.9. The molecule has 104 valence electrons. The van der Waals surface area contributed by atoms with Crippen LogP contribution in [0.2, 0.25) is 0 Å². The second-order valence-corrected chi connectivity index (χ2v) is 6.22. The van der Waals surface area contributed by atoms with Gasteiger partial charge in [-0.1, -0.05) is 12.1 Å². The number of hydrogen-bond acceptors (Lipinski definition) is 4. The highest BCUT2D eigenvalue weighted by Gasteiger charge is 2.11. The predicted octanol–water partition coefficient (Wildman–Crippen LogP) is 0.911. The number of sulfonamides is 1. The summed E-state index contributed by atoms with van der Waals surface area (Å²) >= 11 is 0. The summed E-state index contributed by atoms with van der Waals surface area (Å²) < 4.78 is 28.0. The number of nitriles is 1. The lowest BCUT2D eigenvalue weighted by Gasteiger charge is -2.05. The van der Waals surface area contributed by atoms with Gasteiger partial charge in [-0.05, 0) is 17.7 Å². The number of benzene rings is 1. The van der Waals surface area contributed by atoms with Gasteiger partial charge in [0.1, 0.15) is 0 Å². The lowest BCUT2D eigenvalue weighted by molar-refractivity contribution is 0.580. The molecule has 7 heteroatoms. The van der Waals surface area contributed by atoms with E-state index in [1.54, 1.807) is 48.4 Å². The Morgan fingerprint density at radius 2 is 2.00 bits per heavy atom. The summed E-state index contributed by atoms with van der Waals surface area (Å²) in [7, 11) is -1.64. The molecule has 20 heavy (non-hydrogen) atoms. The van der Waals surface area contributed by atoms with Gasteiger partial charge in [-0.15, -0.1) is 0 Å². The van der Waals surface area contributed by atoms with Gasteiger partial charge in [0.25, 0.3) is 0 Å². The zero-order valence-corrected chi connectivity index (χ0v) is 11.8. The lowest BCUT2D eigenvalue weighted by atomic mass is 10.2. The second-order valence-electron chi connectivity index (χ2n) is 4.41. The molecule has 0 bridgehead atoms. The number of nitrogens with zero attached hydrogens (tertiary/aromatic N) is 3. The van der Waals surface area contributed by atoms with Crippen LogP contribution in [-0.4, -0.2) is 18.2 Å². The Kier molecular flexibility index (Phi) is 4.17. The fourth-order valence-corrected chi connectivity index (χ4v) is 2.82. The normalized spacial score (nSPS) is 11.2. The summed E-state index contributed by atoms with van der Waals surface area (Å²) in [5.74, 6) is -0.112. The van der Waals surface area contributed by atoms with Gasteiger partial charge in [-0.2, -0.15) is 10.4 Å². The highest BCUT2D eigenvalue weighted by molar-refractivity contribution is 7.88. The van der Waals surface area contributed by atoms with Crippen LogP contribution in [0, 0.1) is 11.3 Å². The number of rotatable bonds is 5. The van der Waals surface area contributed by atoms with Crippen molar-refractivity contribution in [1.82, 2.24) is 14.5 Å². The van der Waals surface area contributed by atoms with Gasteiger partial charge >= 0.3 is 0 Å². The van der Waals surface area contributed by atoms with Crippen molar-refractivity contribution in [2.24, 2.45) is 7.05 Å². The van der Waals surface area contributed by atoms with Crippen LogP contribution in [0.25, 0.3) is 0 Å². The highest BCUT2D eigenvalue weighted by Crippen LogP contribution is 2.08. The van der Waals surface area contributed by atoms with Gasteiger partial charge in [0.05, 0.1) is 23.6 Å². The van der Waals surface area contributed by atoms with Crippen LogP contribution in [0.15, 0.2) is 36.7 Å². The van der Waals surface area contributed by atoms with E-state index in [1.807, 2.05) is 6.07 Å². The molecule has 1 heterocycles. The first kappa shape index (κ1) is 14.2. The molecule has 0 saturated carbocycles. The van der Waals surface area contributed by atoms with Crippen molar-refractivity contribution in [3.05, 3.63) is 53.3 Å². The third kappa shape index (κ3) is 3.91. The van der Waals surface area contributed by atoms with Gasteiger partial charge in [0.2, 0.25) is 10.0 Å². The van der Waals surface area contributed by atoms with Crippen molar-refractivity contribution in [3.63, 3.8) is 0 Å². The molecule has 0 fully saturated rings. The van der Waals surface area contributed by atoms with Crippen molar-refractivity contribution in [3.8, 4) is 6.07 Å². The Morgan fingerprint density at radius 3 is 2.55 bits per heavy atom. The van der Waals surface area contributed by atoms with Crippen LogP contribution in [0.3, 0.4) is 0 Å². The zero-order chi connectivity index (χ0) is 14.6. The zero-order valence-electron chi connectivity index (χ0n) is 10.9. The molecule has 1 N–H and O–H groups in total. The summed E-state index contributed by atoms with van der Waals surface area (Å²) in [5, 5.41) is 12.7. The van der Waals surface area contributed by atoms with E-state index < -0.39 is 10.0 Å². The van der Waals surface area contributed by atoms with E-state index in [2.05, 4.69) is 9.82 Å². The van der Waals surface area contributed by atoms with E-state index in [0.717, 1.165) is 5.56 Å². The minimum Gasteiger partial charge on any atom is -0.275 e. The minimum atomic E-state index is -3.41. The van der Waals surface area contributed by atoms with Crippen LogP contribution in [-0.2, 0) is 29.4 Å². The third-order valence-corrected chi connectivity index (χ3v) is 3.99. The van der Waals surface area contributed by atoms with Crippen molar-refractivity contribution in [1.29, 1.82) is 5.26 Å². The SMILES string of the molecule is Cn1cc(CNS(=O)(=O)Cc2ccc(C#N)cc2)cn1. The summed E-state index contributed by atoms with van der Waals surface area (Å²) in [4.78, 5) is 0. The van der Waals surface area contributed by atoms with Crippen LogP contribution >= 0.6 is 0 Å². The maximum Gasteiger partial charge on any atom is 0.216 e. The average molecular weight is 290 g/mol. The van der Waals surface area contributed by atoms with Crippen molar-refractivity contribution >= 4 is 10.0 Å². The Balaban J connectivity index is 1.98. The molecule has 0 aliphatic heterocycles. The van der Waals surface area contributed by atoms with Crippen molar-refractivity contribution < 1.29 is 8.42 Å². The molecular weight excluding hydrogens is 276 g/mol. The van der Waals surface area contributed by atoms with Crippen molar-refractivity contribution in [2.45, 2.75) is 12.3 Å². The third-order valence-electron chi connectivity index (χ3n) is 2.69. The van der Waals surface area contributed by atoms with Crippen LogP contribution in [0.1, 0.15) is 16.7 Å².